The molecule has 0 aliphatic heterocycles. The minimum Gasteiger partial charge on any atom is -0.494 e. The Morgan fingerprint density at radius 2 is 1.67 bits per heavy atom. The largest absolute Gasteiger partial charge is 0.494 e. The zero-order chi connectivity index (χ0) is 30.7. The molecule has 0 aromatic heterocycles. The molecule has 0 unspecified atom stereocenters. The maximum Gasteiger partial charge on any atom is 0.244 e. The van der Waals surface area contributed by atoms with Gasteiger partial charge in [-0.15, -0.1) is 0 Å². The fourth-order valence-corrected chi connectivity index (χ4v) is 5.70. The van der Waals surface area contributed by atoms with Crippen LogP contribution in [0.1, 0.15) is 37.8 Å². The third-order valence-corrected chi connectivity index (χ3v) is 8.30. The van der Waals surface area contributed by atoms with E-state index in [0.29, 0.717) is 40.2 Å². The molecule has 2 amide bonds. The van der Waals surface area contributed by atoms with Gasteiger partial charge < -0.3 is 15.0 Å². The van der Waals surface area contributed by atoms with Gasteiger partial charge in [-0.25, -0.2) is 8.42 Å². The van der Waals surface area contributed by atoms with Gasteiger partial charge in [0.2, 0.25) is 21.8 Å². The Labute approximate surface area is 258 Å². The summed E-state index contributed by atoms with van der Waals surface area (Å²) in [6.07, 6.45) is 2.92. The number of anilines is 1. The Morgan fingerprint density at radius 1 is 0.976 bits per heavy atom. The molecule has 0 heterocycles. The molecule has 1 N–H and O–H groups in total. The predicted octanol–water partition coefficient (Wildman–Crippen LogP) is 5.71. The highest BCUT2D eigenvalue weighted by Crippen LogP contribution is 2.26. The van der Waals surface area contributed by atoms with Gasteiger partial charge in [-0.2, -0.15) is 0 Å². The molecule has 3 aromatic carbocycles. The first-order chi connectivity index (χ1) is 20.0. The number of unbranched alkanes of at least 4 members (excludes halogenated alkanes) is 1. The molecule has 3 rings (SSSR count). The van der Waals surface area contributed by atoms with E-state index in [0.717, 1.165) is 29.0 Å². The molecule has 3 aromatic rings. The van der Waals surface area contributed by atoms with E-state index >= 15 is 0 Å². The molecule has 0 aliphatic rings. The van der Waals surface area contributed by atoms with Crippen LogP contribution in [0.4, 0.5) is 5.69 Å². The van der Waals surface area contributed by atoms with Crippen molar-refractivity contribution >= 4 is 50.7 Å². The minimum absolute atomic E-state index is 0.0333. The molecule has 0 saturated carbocycles. The summed E-state index contributed by atoms with van der Waals surface area (Å²) in [5, 5.41) is 3.71. The number of sulfonamides is 1. The number of carbonyl (C=O) groups excluding carboxylic acids is 2. The second-order valence-corrected chi connectivity index (χ2v) is 12.6. The van der Waals surface area contributed by atoms with Crippen LogP contribution in [0.3, 0.4) is 0 Å². The van der Waals surface area contributed by atoms with Gasteiger partial charge in [0.05, 0.1) is 18.6 Å². The normalized spacial score (nSPS) is 11.9. The van der Waals surface area contributed by atoms with Crippen molar-refractivity contribution in [2.75, 3.05) is 30.3 Å². The number of hydrogen-bond acceptors (Lipinski definition) is 5. The second-order valence-electron chi connectivity index (χ2n) is 9.80. The van der Waals surface area contributed by atoms with Crippen LogP contribution in [0.2, 0.25) is 10.0 Å². The molecule has 0 spiro atoms. The first-order valence-electron chi connectivity index (χ1n) is 13.8. The van der Waals surface area contributed by atoms with Gasteiger partial charge in [0.15, 0.2) is 0 Å². The Bertz CT molecular complexity index is 1440. The molecular formula is C31H37Cl2N3O5S. The van der Waals surface area contributed by atoms with Crippen molar-refractivity contribution in [3.05, 3.63) is 94.0 Å². The number of nitrogens with one attached hydrogen (secondary N) is 1. The fourth-order valence-electron chi connectivity index (χ4n) is 4.38. The van der Waals surface area contributed by atoms with Crippen LogP contribution in [0.15, 0.2) is 72.8 Å². The van der Waals surface area contributed by atoms with E-state index in [1.54, 1.807) is 42.5 Å². The van der Waals surface area contributed by atoms with Crippen molar-refractivity contribution in [1.82, 2.24) is 10.2 Å². The number of carbonyl (C=O) groups is 2. The molecule has 226 valence electrons. The molecule has 0 bridgehead atoms. The Hall–Kier alpha value is -3.27. The van der Waals surface area contributed by atoms with Gasteiger partial charge in [-0.1, -0.05) is 72.9 Å². The lowest BCUT2D eigenvalue weighted by molar-refractivity contribution is -0.140. The Balaban J connectivity index is 2.04. The number of ether oxygens (including phenoxy) is 1. The quantitative estimate of drug-likeness (QED) is 0.216. The number of hydrogen-bond donors (Lipinski definition) is 1. The Kier molecular flexibility index (Phi) is 12.5. The second kappa shape index (κ2) is 15.8. The van der Waals surface area contributed by atoms with E-state index in [2.05, 4.69) is 5.32 Å². The summed E-state index contributed by atoms with van der Waals surface area (Å²) in [6, 6.07) is 19.8. The SMILES string of the molecule is CCCCNC(=O)[C@@H](Cc1ccccc1)N(Cc1ccc(Cl)cc1Cl)C(=O)CN(c1ccc(OCC)cc1)S(C)(=O)=O. The van der Waals surface area contributed by atoms with Gasteiger partial charge in [0.1, 0.15) is 18.3 Å². The zero-order valence-corrected chi connectivity index (χ0v) is 26.4. The van der Waals surface area contributed by atoms with Crippen molar-refractivity contribution in [2.45, 2.75) is 45.7 Å². The standard InChI is InChI=1S/C31H37Cl2N3O5S/c1-4-6-18-34-31(38)29(19-23-10-8-7-9-11-23)35(21-24-12-13-25(32)20-28(24)33)30(37)22-36(42(3,39)40)26-14-16-27(17-15-26)41-5-2/h7-17,20,29H,4-6,18-19,21-22H2,1-3H3,(H,34,38)/t29-/m1/s1. The number of benzene rings is 3. The first-order valence-corrected chi connectivity index (χ1v) is 16.4. The summed E-state index contributed by atoms with van der Waals surface area (Å²) in [7, 11) is -3.88. The van der Waals surface area contributed by atoms with E-state index in [4.69, 9.17) is 27.9 Å². The van der Waals surface area contributed by atoms with Crippen molar-refractivity contribution in [3.8, 4) is 5.75 Å². The molecular weight excluding hydrogens is 597 g/mol. The van der Waals surface area contributed by atoms with Gasteiger partial charge >= 0.3 is 0 Å². The summed E-state index contributed by atoms with van der Waals surface area (Å²) < 4.78 is 32.4. The van der Waals surface area contributed by atoms with Crippen LogP contribution in [-0.2, 0) is 32.6 Å². The van der Waals surface area contributed by atoms with Crippen LogP contribution in [0, 0.1) is 0 Å². The van der Waals surface area contributed by atoms with Crippen molar-refractivity contribution in [3.63, 3.8) is 0 Å². The number of amides is 2. The molecule has 8 nitrogen and oxygen atoms in total. The van der Waals surface area contributed by atoms with Crippen molar-refractivity contribution < 1.29 is 22.7 Å². The molecule has 0 fully saturated rings. The first kappa shape index (κ1) is 33.2. The van der Waals surface area contributed by atoms with Crippen molar-refractivity contribution in [1.29, 1.82) is 0 Å². The van der Waals surface area contributed by atoms with E-state index in [1.807, 2.05) is 44.2 Å². The zero-order valence-electron chi connectivity index (χ0n) is 24.1. The van der Waals surface area contributed by atoms with Crippen LogP contribution in [0.25, 0.3) is 0 Å². The summed E-state index contributed by atoms with van der Waals surface area (Å²) in [5.74, 6) is -0.323. The summed E-state index contributed by atoms with van der Waals surface area (Å²) in [6.45, 7) is 4.22. The lowest BCUT2D eigenvalue weighted by Crippen LogP contribution is -2.53. The molecule has 0 saturated heterocycles. The van der Waals surface area contributed by atoms with Gasteiger partial charge in [-0.05, 0) is 60.9 Å². The lowest BCUT2D eigenvalue weighted by atomic mass is 10.0. The Morgan fingerprint density at radius 3 is 2.26 bits per heavy atom. The van der Waals surface area contributed by atoms with Gasteiger partial charge in [0.25, 0.3) is 0 Å². The molecule has 0 radical (unpaired) electrons. The van der Waals surface area contributed by atoms with Crippen LogP contribution >= 0.6 is 23.2 Å². The van der Waals surface area contributed by atoms with Crippen LogP contribution in [-0.4, -0.2) is 57.1 Å². The average Bonchev–Trinajstić information content (AvgIpc) is 2.95. The maximum absolute atomic E-state index is 14.1. The van der Waals surface area contributed by atoms with Crippen molar-refractivity contribution in [2.24, 2.45) is 0 Å². The number of rotatable bonds is 15. The van der Waals surface area contributed by atoms with Crippen LogP contribution < -0.4 is 14.4 Å². The number of nitrogens with zero attached hydrogens (tertiary/aromatic N) is 2. The minimum atomic E-state index is -3.88. The summed E-state index contributed by atoms with van der Waals surface area (Å²) in [4.78, 5) is 29.2. The lowest BCUT2D eigenvalue weighted by Gasteiger charge is -2.33. The summed E-state index contributed by atoms with van der Waals surface area (Å²) >= 11 is 12.6. The average molecular weight is 635 g/mol. The highest BCUT2D eigenvalue weighted by atomic mass is 35.5. The molecule has 1 atom stereocenters. The maximum atomic E-state index is 14.1. The number of halogens is 2. The monoisotopic (exact) mass is 633 g/mol. The van der Waals surface area contributed by atoms with Gasteiger partial charge in [-0.3, -0.25) is 13.9 Å². The highest BCUT2D eigenvalue weighted by Gasteiger charge is 2.33. The highest BCUT2D eigenvalue weighted by molar-refractivity contribution is 7.92. The van der Waals surface area contributed by atoms with E-state index in [9.17, 15) is 18.0 Å². The third-order valence-electron chi connectivity index (χ3n) is 6.57. The third kappa shape index (κ3) is 9.64. The fraction of sp³-hybridized carbons (Fsp3) is 0.355. The van der Waals surface area contributed by atoms with E-state index < -0.39 is 28.5 Å². The van der Waals surface area contributed by atoms with E-state index in [-0.39, 0.29) is 18.9 Å². The predicted molar refractivity (Wildman–Crippen MR) is 169 cm³/mol. The topological polar surface area (TPSA) is 96.0 Å². The molecule has 42 heavy (non-hydrogen) atoms. The summed E-state index contributed by atoms with van der Waals surface area (Å²) in [5.41, 5.74) is 1.71. The van der Waals surface area contributed by atoms with Gasteiger partial charge in [0, 0.05) is 29.6 Å². The molecule has 11 heteroatoms. The smallest absolute Gasteiger partial charge is 0.244 e. The molecule has 0 aliphatic carbocycles. The van der Waals surface area contributed by atoms with Crippen LogP contribution in [0.5, 0.6) is 5.75 Å². The van der Waals surface area contributed by atoms with E-state index in [1.165, 1.54) is 4.90 Å².